The predicted octanol–water partition coefficient (Wildman–Crippen LogP) is 3.45. The Morgan fingerprint density at radius 2 is 1.71 bits per heavy atom. The van der Waals surface area contributed by atoms with Gasteiger partial charge in [-0.05, 0) is 75.6 Å². The second kappa shape index (κ2) is 9.34. The molecule has 7 heteroatoms. The first-order chi connectivity index (χ1) is 15.0. The van der Waals surface area contributed by atoms with Crippen LogP contribution in [0, 0.1) is 11.3 Å². The van der Waals surface area contributed by atoms with E-state index in [2.05, 4.69) is 21.6 Å². The largest absolute Gasteiger partial charge is 0.362 e. The summed E-state index contributed by atoms with van der Waals surface area (Å²) in [6.45, 7) is 0. The third-order valence-corrected chi connectivity index (χ3v) is 6.26. The van der Waals surface area contributed by atoms with Gasteiger partial charge >= 0.3 is 0 Å². The highest BCUT2D eigenvalue weighted by Crippen LogP contribution is 2.29. The van der Waals surface area contributed by atoms with E-state index in [9.17, 15) is 4.79 Å². The topological polar surface area (TPSA) is 93.9 Å². The third kappa shape index (κ3) is 4.96. The zero-order chi connectivity index (χ0) is 21.8. The van der Waals surface area contributed by atoms with Crippen molar-refractivity contribution in [2.24, 2.45) is 0 Å². The number of hydrogen-bond acceptors (Lipinski definition) is 6. The zero-order valence-electron chi connectivity index (χ0n) is 18.3. The van der Waals surface area contributed by atoms with E-state index in [0.29, 0.717) is 17.2 Å². The number of aryl methyl sites for hydroxylation is 1. The molecular formula is C24H30N6O. The van der Waals surface area contributed by atoms with Gasteiger partial charge in [-0.1, -0.05) is 0 Å². The lowest BCUT2D eigenvalue weighted by molar-refractivity contribution is 0.0926. The van der Waals surface area contributed by atoms with Crippen molar-refractivity contribution >= 4 is 17.7 Å². The average molecular weight is 419 g/mol. The molecule has 4 rings (SSSR count). The molecule has 2 aromatic rings. The van der Waals surface area contributed by atoms with E-state index in [1.54, 1.807) is 24.3 Å². The van der Waals surface area contributed by atoms with Crippen molar-refractivity contribution in [3.8, 4) is 6.07 Å². The van der Waals surface area contributed by atoms with Crippen molar-refractivity contribution in [1.82, 2.24) is 15.3 Å². The van der Waals surface area contributed by atoms with Crippen LogP contribution in [-0.4, -0.2) is 42.1 Å². The summed E-state index contributed by atoms with van der Waals surface area (Å²) in [4.78, 5) is 24.2. The molecular weight excluding hydrogens is 388 g/mol. The third-order valence-electron chi connectivity index (χ3n) is 6.26. The molecule has 2 N–H and O–H groups in total. The first-order valence-corrected chi connectivity index (χ1v) is 11.2. The standard InChI is InChI=1S/C24H30N6O/c1-30(2)22-20-5-3-4-6-21(20)28-24(29-22)27-19-13-11-18(12-14-19)26-23(31)17-9-7-16(15-25)8-10-17/h7-10,18-19H,3-6,11-14H2,1-2H3,(H,26,31)(H,27,28,29). The number of hydrogen-bond donors (Lipinski definition) is 2. The van der Waals surface area contributed by atoms with Gasteiger partial charge in [-0.15, -0.1) is 0 Å². The molecule has 1 aromatic carbocycles. The summed E-state index contributed by atoms with van der Waals surface area (Å²) >= 11 is 0. The number of aromatic nitrogens is 2. The molecule has 1 saturated carbocycles. The predicted molar refractivity (Wildman–Crippen MR) is 121 cm³/mol. The lowest BCUT2D eigenvalue weighted by atomic mass is 9.91. The molecule has 1 amide bonds. The number of fused-ring (bicyclic) bond motifs is 1. The number of carbonyl (C=O) groups excluding carboxylic acids is 1. The Kier molecular flexibility index (Phi) is 6.36. The van der Waals surface area contributed by atoms with Crippen LogP contribution in [0.5, 0.6) is 0 Å². The van der Waals surface area contributed by atoms with Crippen molar-refractivity contribution in [2.75, 3.05) is 24.3 Å². The number of carbonyl (C=O) groups is 1. The summed E-state index contributed by atoms with van der Waals surface area (Å²) in [6, 6.07) is 9.33. The van der Waals surface area contributed by atoms with Gasteiger partial charge in [0.05, 0.1) is 17.3 Å². The molecule has 1 fully saturated rings. The summed E-state index contributed by atoms with van der Waals surface area (Å²) in [5.41, 5.74) is 3.65. The second-order valence-corrected chi connectivity index (χ2v) is 8.75. The first kappa shape index (κ1) is 21.1. The molecule has 0 atom stereocenters. The van der Waals surface area contributed by atoms with Crippen molar-refractivity contribution in [2.45, 2.75) is 63.5 Å². The fraction of sp³-hybridized carbons (Fsp3) is 0.500. The number of amides is 1. The lowest BCUT2D eigenvalue weighted by Gasteiger charge is -2.30. The molecule has 1 aromatic heterocycles. The molecule has 2 aliphatic rings. The quantitative estimate of drug-likeness (QED) is 0.772. The normalized spacial score (nSPS) is 20.3. The van der Waals surface area contributed by atoms with Crippen LogP contribution in [-0.2, 0) is 12.8 Å². The molecule has 0 saturated heterocycles. The van der Waals surface area contributed by atoms with Crippen LogP contribution in [0.4, 0.5) is 11.8 Å². The Morgan fingerprint density at radius 3 is 2.39 bits per heavy atom. The summed E-state index contributed by atoms with van der Waals surface area (Å²) in [7, 11) is 4.09. The molecule has 0 bridgehead atoms. The van der Waals surface area contributed by atoms with Crippen molar-refractivity contribution < 1.29 is 4.79 Å². The van der Waals surface area contributed by atoms with Crippen LogP contribution in [0.1, 0.15) is 65.7 Å². The summed E-state index contributed by atoms with van der Waals surface area (Å²) in [5.74, 6) is 1.69. The SMILES string of the molecule is CN(C)c1nc(NC2CCC(NC(=O)c3ccc(C#N)cc3)CC2)nc2c1CCCC2. The minimum atomic E-state index is -0.0745. The number of rotatable bonds is 5. The van der Waals surface area contributed by atoms with Crippen molar-refractivity contribution in [1.29, 1.82) is 5.26 Å². The highest BCUT2D eigenvalue weighted by Gasteiger charge is 2.25. The number of nitrogens with zero attached hydrogens (tertiary/aromatic N) is 4. The van der Waals surface area contributed by atoms with Gasteiger partial charge in [0.25, 0.3) is 5.91 Å². The van der Waals surface area contributed by atoms with Gasteiger partial charge < -0.3 is 15.5 Å². The highest BCUT2D eigenvalue weighted by atomic mass is 16.1. The minimum Gasteiger partial charge on any atom is -0.362 e. The lowest BCUT2D eigenvalue weighted by Crippen LogP contribution is -2.40. The number of anilines is 2. The maximum Gasteiger partial charge on any atom is 0.251 e. The van der Waals surface area contributed by atoms with E-state index >= 15 is 0 Å². The minimum absolute atomic E-state index is 0.0745. The molecule has 0 spiro atoms. The Balaban J connectivity index is 1.33. The zero-order valence-corrected chi connectivity index (χ0v) is 18.3. The molecule has 0 radical (unpaired) electrons. The number of benzene rings is 1. The van der Waals surface area contributed by atoms with E-state index in [-0.39, 0.29) is 11.9 Å². The molecule has 31 heavy (non-hydrogen) atoms. The van der Waals surface area contributed by atoms with Gasteiger partial charge in [0.1, 0.15) is 5.82 Å². The average Bonchev–Trinajstić information content (AvgIpc) is 2.79. The second-order valence-electron chi connectivity index (χ2n) is 8.75. The maximum absolute atomic E-state index is 12.5. The maximum atomic E-state index is 12.5. The van der Waals surface area contributed by atoms with Crippen LogP contribution < -0.4 is 15.5 Å². The summed E-state index contributed by atoms with van der Waals surface area (Å²) in [6.07, 6.45) is 8.28. The smallest absolute Gasteiger partial charge is 0.251 e. The van der Waals surface area contributed by atoms with E-state index in [0.717, 1.165) is 50.3 Å². The fourth-order valence-corrected chi connectivity index (χ4v) is 4.54. The van der Waals surface area contributed by atoms with Crippen LogP contribution in [0.25, 0.3) is 0 Å². The van der Waals surface area contributed by atoms with Gasteiger partial charge in [0.15, 0.2) is 0 Å². The molecule has 0 unspecified atom stereocenters. The van der Waals surface area contributed by atoms with E-state index in [4.69, 9.17) is 15.2 Å². The van der Waals surface area contributed by atoms with Gasteiger partial charge in [-0.3, -0.25) is 4.79 Å². The molecule has 1 heterocycles. The molecule has 162 valence electrons. The molecule has 2 aliphatic carbocycles. The van der Waals surface area contributed by atoms with Crippen LogP contribution in [0.15, 0.2) is 24.3 Å². The molecule has 0 aliphatic heterocycles. The van der Waals surface area contributed by atoms with Gasteiger partial charge in [0, 0.05) is 37.3 Å². The van der Waals surface area contributed by atoms with E-state index < -0.39 is 0 Å². The fourth-order valence-electron chi connectivity index (χ4n) is 4.54. The van der Waals surface area contributed by atoms with E-state index in [1.165, 1.54) is 24.1 Å². The van der Waals surface area contributed by atoms with Crippen molar-refractivity contribution in [3.63, 3.8) is 0 Å². The summed E-state index contributed by atoms with van der Waals surface area (Å²) in [5, 5.41) is 15.6. The van der Waals surface area contributed by atoms with Crippen molar-refractivity contribution in [3.05, 3.63) is 46.6 Å². The number of nitriles is 1. The van der Waals surface area contributed by atoms with E-state index in [1.807, 2.05) is 14.1 Å². The number of nitrogens with one attached hydrogen (secondary N) is 2. The Labute approximate surface area is 183 Å². The van der Waals surface area contributed by atoms with Gasteiger partial charge in [-0.25, -0.2) is 4.98 Å². The Morgan fingerprint density at radius 1 is 1.03 bits per heavy atom. The van der Waals surface area contributed by atoms with Crippen LogP contribution in [0.2, 0.25) is 0 Å². The van der Waals surface area contributed by atoms with Gasteiger partial charge in [0.2, 0.25) is 5.95 Å². The summed E-state index contributed by atoms with van der Waals surface area (Å²) < 4.78 is 0. The monoisotopic (exact) mass is 418 g/mol. The first-order valence-electron chi connectivity index (χ1n) is 11.2. The van der Waals surface area contributed by atoms with Crippen LogP contribution in [0.3, 0.4) is 0 Å². The Bertz CT molecular complexity index is 971. The Hall–Kier alpha value is -3.14. The molecule has 7 nitrogen and oxygen atoms in total. The van der Waals surface area contributed by atoms with Gasteiger partial charge in [-0.2, -0.15) is 10.2 Å². The van der Waals surface area contributed by atoms with Crippen LogP contribution >= 0.6 is 0 Å². The highest BCUT2D eigenvalue weighted by molar-refractivity contribution is 5.94.